The fourth-order valence-corrected chi connectivity index (χ4v) is 2.66. The van der Waals surface area contributed by atoms with Gasteiger partial charge in [-0.1, -0.05) is 19.8 Å². The molecule has 5 heteroatoms. The van der Waals surface area contributed by atoms with Gasteiger partial charge in [0.1, 0.15) is 5.54 Å². The molecule has 0 radical (unpaired) electrons. The predicted molar refractivity (Wildman–Crippen MR) is 65.9 cm³/mol. The first kappa shape index (κ1) is 13.1. The number of urea groups is 1. The molecule has 2 aliphatic rings. The van der Waals surface area contributed by atoms with Gasteiger partial charge < -0.3 is 5.32 Å². The van der Waals surface area contributed by atoms with Crippen LogP contribution in [0.2, 0.25) is 0 Å². The molecule has 1 saturated heterocycles. The first-order valence-corrected chi connectivity index (χ1v) is 6.65. The fourth-order valence-electron chi connectivity index (χ4n) is 2.66. The van der Waals surface area contributed by atoms with Crippen molar-refractivity contribution in [3.63, 3.8) is 0 Å². The van der Waals surface area contributed by atoms with E-state index in [4.69, 9.17) is 0 Å². The van der Waals surface area contributed by atoms with E-state index < -0.39 is 11.6 Å². The second kappa shape index (κ2) is 4.71. The van der Waals surface area contributed by atoms with Crippen molar-refractivity contribution in [1.29, 1.82) is 0 Å². The van der Waals surface area contributed by atoms with E-state index >= 15 is 0 Å². The summed E-state index contributed by atoms with van der Waals surface area (Å²) in [7, 11) is 0. The fraction of sp³-hybridized carbons (Fsp3) is 0.769. The minimum atomic E-state index is -0.840. The number of nitrogens with one attached hydrogen (secondary N) is 1. The smallest absolute Gasteiger partial charge is 0.323 e. The number of carbonyl (C=O) groups is 3. The van der Waals surface area contributed by atoms with E-state index in [0.717, 1.165) is 30.6 Å². The molecule has 18 heavy (non-hydrogen) atoms. The van der Waals surface area contributed by atoms with Gasteiger partial charge in [-0.15, -0.1) is 0 Å². The van der Waals surface area contributed by atoms with E-state index in [1.807, 2.05) is 6.92 Å². The number of hydrogen-bond donors (Lipinski definition) is 1. The lowest BCUT2D eigenvalue weighted by Crippen LogP contribution is -2.43. The lowest BCUT2D eigenvalue weighted by atomic mass is 9.98. The zero-order chi connectivity index (χ0) is 13.3. The van der Waals surface area contributed by atoms with Gasteiger partial charge in [0.2, 0.25) is 0 Å². The summed E-state index contributed by atoms with van der Waals surface area (Å²) in [6.45, 7) is 3.48. The maximum atomic E-state index is 12.1. The molecule has 0 spiro atoms. The standard InChI is InChI=1S/C13H20N2O3/c1-3-13(2)11(17)15(12(18)14-13)8-10(16)9-6-4-5-7-9/h9H,3-8H2,1-2H3,(H,14,18). The molecule has 1 saturated carbocycles. The minimum Gasteiger partial charge on any atom is -0.323 e. The van der Waals surface area contributed by atoms with E-state index in [-0.39, 0.29) is 24.2 Å². The molecular formula is C13H20N2O3. The third-order valence-electron chi connectivity index (χ3n) is 4.18. The average molecular weight is 252 g/mol. The predicted octanol–water partition coefficient (Wildman–Crippen LogP) is 1.47. The number of Topliss-reactive ketones (excluding diaryl/α,β-unsaturated/α-hetero) is 1. The van der Waals surface area contributed by atoms with Gasteiger partial charge in [0.25, 0.3) is 5.91 Å². The highest BCUT2D eigenvalue weighted by atomic mass is 16.2. The van der Waals surface area contributed by atoms with Crippen LogP contribution in [0.4, 0.5) is 4.79 Å². The van der Waals surface area contributed by atoms with Gasteiger partial charge in [0.15, 0.2) is 5.78 Å². The van der Waals surface area contributed by atoms with E-state index in [1.54, 1.807) is 6.92 Å². The number of ketones is 1. The highest BCUT2D eigenvalue weighted by Gasteiger charge is 2.47. The van der Waals surface area contributed by atoms with Crippen LogP contribution in [-0.2, 0) is 9.59 Å². The Morgan fingerprint density at radius 3 is 2.50 bits per heavy atom. The number of carbonyl (C=O) groups excluding carboxylic acids is 3. The van der Waals surface area contributed by atoms with Gasteiger partial charge in [-0.25, -0.2) is 4.79 Å². The van der Waals surface area contributed by atoms with Crippen molar-refractivity contribution < 1.29 is 14.4 Å². The summed E-state index contributed by atoms with van der Waals surface area (Å²) in [4.78, 5) is 37.0. The summed E-state index contributed by atoms with van der Waals surface area (Å²) in [5.41, 5.74) is -0.840. The Kier molecular flexibility index (Phi) is 3.41. The lowest BCUT2D eigenvalue weighted by molar-refractivity contribution is -0.135. The van der Waals surface area contributed by atoms with E-state index in [1.165, 1.54) is 0 Å². The summed E-state index contributed by atoms with van der Waals surface area (Å²) in [5.74, 6) is -0.211. The van der Waals surface area contributed by atoms with E-state index in [9.17, 15) is 14.4 Å². The first-order chi connectivity index (χ1) is 8.48. The Hall–Kier alpha value is -1.39. The van der Waals surface area contributed by atoms with Crippen LogP contribution < -0.4 is 5.32 Å². The molecule has 1 aliphatic carbocycles. The first-order valence-electron chi connectivity index (χ1n) is 6.65. The zero-order valence-corrected chi connectivity index (χ0v) is 11.0. The summed E-state index contributed by atoms with van der Waals surface area (Å²) < 4.78 is 0. The lowest BCUT2D eigenvalue weighted by Gasteiger charge is -2.19. The molecule has 0 aromatic rings. The van der Waals surface area contributed by atoms with Crippen LogP contribution >= 0.6 is 0 Å². The van der Waals surface area contributed by atoms with Crippen LogP contribution in [0.25, 0.3) is 0 Å². The maximum absolute atomic E-state index is 12.1. The Morgan fingerprint density at radius 2 is 2.00 bits per heavy atom. The highest BCUT2D eigenvalue weighted by molar-refractivity contribution is 6.09. The Morgan fingerprint density at radius 1 is 1.39 bits per heavy atom. The van der Waals surface area contributed by atoms with E-state index in [2.05, 4.69) is 5.32 Å². The third-order valence-corrected chi connectivity index (χ3v) is 4.18. The highest BCUT2D eigenvalue weighted by Crippen LogP contribution is 2.27. The molecule has 0 aromatic carbocycles. The van der Waals surface area contributed by atoms with Crippen LogP contribution in [0.1, 0.15) is 46.0 Å². The number of imide groups is 1. The second-order valence-corrected chi connectivity index (χ2v) is 5.45. The Balaban J connectivity index is 2.03. The van der Waals surface area contributed by atoms with Crippen LogP contribution in [0.15, 0.2) is 0 Å². The molecule has 1 N–H and O–H groups in total. The molecule has 3 amide bonds. The van der Waals surface area contributed by atoms with Gasteiger partial charge in [-0.05, 0) is 26.2 Å². The monoisotopic (exact) mass is 252 g/mol. The molecule has 1 heterocycles. The molecule has 0 bridgehead atoms. The number of amides is 3. The molecule has 2 rings (SSSR count). The summed E-state index contributed by atoms with van der Waals surface area (Å²) in [5, 5.41) is 2.66. The summed E-state index contributed by atoms with van der Waals surface area (Å²) >= 11 is 0. The van der Waals surface area contributed by atoms with Crippen LogP contribution in [0, 0.1) is 5.92 Å². The Labute approximate surface area is 107 Å². The molecule has 1 atom stereocenters. The van der Waals surface area contributed by atoms with Gasteiger partial charge in [-0.2, -0.15) is 0 Å². The van der Waals surface area contributed by atoms with Gasteiger partial charge >= 0.3 is 6.03 Å². The van der Waals surface area contributed by atoms with E-state index in [0.29, 0.717) is 6.42 Å². The quantitative estimate of drug-likeness (QED) is 0.770. The molecular weight excluding hydrogens is 232 g/mol. The second-order valence-electron chi connectivity index (χ2n) is 5.45. The number of nitrogens with zero attached hydrogens (tertiary/aromatic N) is 1. The van der Waals surface area contributed by atoms with Crippen LogP contribution in [0.5, 0.6) is 0 Å². The molecule has 2 fully saturated rings. The SMILES string of the molecule is CCC1(C)NC(=O)N(CC(=O)C2CCCC2)C1=O. The summed E-state index contributed by atoms with van der Waals surface area (Å²) in [6, 6.07) is -0.435. The van der Waals surface area contributed by atoms with Crippen molar-refractivity contribution in [2.45, 2.75) is 51.5 Å². The topological polar surface area (TPSA) is 66.5 Å². The van der Waals surface area contributed by atoms with Gasteiger partial charge in [0.05, 0.1) is 6.54 Å². The molecule has 1 unspecified atom stereocenters. The Bertz CT molecular complexity index is 388. The minimum absolute atomic E-state index is 0.0244. The number of rotatable bonds is 4. The molecule has 100 valence electrons. The van der Waals surface area contributed by atoms with Crippen LogP contribution in [0.3, 0.4) is 0 Å². The van der Waals surface area contributed by atoms with Gasteiger partial charge in [0, 0.05) is 5.92 Å². The summed E-state index contributed by atoms with van der Waals surface area (Å²) in [6.07, 6.45) is 4.47. The van der Waals surface area contributed by atoms with Crippen molar-refractivity contribution in [3.8, 4) is 0 Å². The van der Waals surface area contributed by atoms with Crippen LogP contribution in [-0.4, -0.2) is 34.7 Å². The zero-order valence-electron chi connectivity index (χ0n) is 11.0. The largest absolute Gasteiger partial charge is 0.325 e. The van der Waals surface area contributed by atoms with Gasteiger partial charge in [-0.3, -0.25) is 14.5 Å². The molecule has 1 aliphatic heterocycles. The third kappa shape index (κ3) is 2.13. The maximum Gasteiger partial charge on any atom is 0.325 e. The average Bonchev–Trinajstić information content (AvgIpc) is 2.93. The molecule has 5 nitrogen and oxygen atoms in total. The van der Waals surface area contributed by atoms with Crippen molar-refractivity contribution in [2.24, 2.45) is 5.92 Å². The normalized spacial score (nSPS) is 28.9. The van der Waals surface area contributed by atoms with Crippen molar-refractivity contribution in [1.82, 2.24) is 10.2 Å². The van der Waals surface area contributed by atoms with Crippen molar-refractivity contribution in [2.75, 3.05) is 6.54 Å². The number of hydrogen-bond acceptors (Lipinski definition) is 3. The molecule has 0 aromatic heterocycles. The van der Waals surface area contributed by atoms with Crippen molar-refractivity contribution >= 4 is 17.7 Å². The van der Waals surface area contributed by atoms with Crippen molar-refractivity contribution in [3.05, 3.63) is 0 Å².